The SMILES string of the molecule is CCC(=O)N1CCCN(S(=O)(=O)c2ccc(Cl)nc2)CC1. The number of amides is 1. The van der Waals surface area contributed by atoms with E-state index < -0.39 is 10.0 Å². The van der Waals surface area contributed by atoms with E-state index in [2.05, 4.69) is 4.98 Å². The maximum absolute atomic E-state index is 12.5. The second-order valence-corrected chi connectivity index (χ2v) is 7.13. The molecule has 0 bridgehead atoms. The van der Waals surface area contributed by atoms with Crippen molar-refractivity contribution in [2.24, 2.45) is 0 Å². The minimum absolute atomic E-state index is 0.0578. The van der Waals surface area contributed by atoms with E-state index in [1.807, 2.05) is 0 Å². The molecule has 6 nitrogen and oxygen atoms in total. The molecule has 1 aliphatic heterocycles. The van der Waals surface area contributed by atoms with Crippen molar-refractivity contribution in [2.45, 2.75) is 24.7 Å². The fraction of sp³-hybridized carbons (Fsp3) is 0.538. The molecule has 2 rings (SSSR count). The maximum Gasteiger partial charge on any atom is 0.244 e. The standard InChI is InChI=1S/C13H18ClN3O3S/c1-2-13(18)16-6-3-7-17(9-8-16)21(19,20)11-4-5-12(14)15-10-11/h4-5,10H,2-3,6-9H2,1H3. The van der Waals surface area contributed by atoms with E-state index in [0.29, 0.717) is 39.0 Å². The van der Waals surface area contributed by atoms with Gasteiger partial charge in [-0.05, 0) is 18.6 Å². The van der Waals surface area contributed by atoms with Crippen LogP contribution in [0.1, 0.15) is 19.8 Å². The molecule has 0 N–H and O–H groups in total. The first-order chi connectivity index (χ1) is 9.95. The van der Waals surface area contributed by atoms with Crippen LogP contribution in [-0.2, 0) is 14.8 Å². The van der Waals surface area contributed by atoms with Crippen LogP contribution in [0.3, 0.4) is 0 Å². The topological polar surface area (TPSA) is 70.6 Å². The molecule has 0 unspecified atom stereocenters. The van der Waals surface area contributed by atoms with Gasteiger partial charge >= 0.3 is 0 Å². The number of hydrogen-bond donors (Lipinski definition) is 0. The third-order valence-electron chi connectivity index (χ3n) is 3.45. The van der Waals surface area contributed by atoms with Gasteiger partial charge in [0, 0.05) is 38.8 Å². The van der Waals surface area contributed by atoms with E-state index in [4.69, 9.17) is 11.6 Å². The van der Waals surface area contributed by atoms with E-state index in [-0.39, 0.29) is 16.0 Å². The summed E-state index contributed by atoms with van der Waals surface area (Å²) in [5.74, 6) is 0.0578. The van der Waals surface area contributed by atoms with Gasteiger partial charge in [0.2, 0.25) is 15.9 Å². The van der Waals surface area contributed by atoms with E-state index in [9.17, 15) is 13.2 Å². The van der Waals surface area contributed by atoms with Crippen LogP contribution in [0.2, 0.25) is 5.15 Å². The molecule has 1 aliphatic rings. The summed E-state index contributed by atoms with van der Waals surface area (Å²) in [6.45, 7) is 3.53. The number of aromatic nitrogens is 1. The van der Waals surface area contributed by atoms with Crippen LogP contribution in [-0.4, -0.2) is 54.7 Å². The molecule has 0 atom stereocenters. The minimum atomic E-state index is -3.58. The van der Waals surface area contributed by atoms with Crippen molar-refractivity contribution in [3.05, 3.63) is 23.5 Å². The van der Waals surface area contributed by atoms with E-state index in [0.717, 1.165) is 0 Å². The van der Waals surface area contributed by atoms with Gasteiger partial charge in [-0.25, -0.2) is 13.4 Å². The van der Waals surface area contributed by atoms with Crippen LogP contribution in [0.5, 0.6) is 0 Å². The fourth-order valence-corrected chi connectivity index (χ4v) is 3.80. The molecular weight excluding hydrogens is 314 g/mol. The highest BCUT2D eigenvalue weighted by Crippen LogP contribution is 2.18. The van der Waals surface area contributed by atoms with Crippen LogP contribution in [0.4, 0.5) is 0 Å². The number of sulfonamides is 1. The summed E-state index contributed by atoms with van der Waals surface area (Å²) in [5, 5.41) is 0.254. The second-order valence-electron chi connectivity index (χ2n) is 4.81. The molecule has 1 aromatic rings. The molecule has 21 heavy (non-hydrogen) atoms. The average Bonchev–Trinajstić information content (AvgIpc) is 2.73. The number of pyridine rings is 1. The van der Waals surface area contributed by atoms with Crippen molar-refractivity contribution in [1.29, 1.82) is 0 Å². The normalized spacial score (nSPS) is 17.5. The lowest BCUT2D eigenvalue weighted by Crippen LogP contribution is -2.37. The minimum Gasteiger partial charge on any atom is -0.341 e. The Labute approximate surface area is 129 Å². The van der Waals surface area contributed by atoms with Crippen LogP contribution in [0.25, 0.3) is 0 Å². The Hall–Kier alpha value is -1.18. The van der Waals surface area contributed by atoms with E-state index in [1.165, 1.54) is 22.6 Å². The highest BCUT2D eigenvalue weighted by atomic mass is 35.5. The van der Waals surface area contributed by atoms with Gasteiger partial charge in [0.15, 0.2) is 0 Å². The maximum atomic E-state index is 12.5. The first-order valence-electron chi connectivity index (χ1n) is 6.84. The molecular formula is C13H18ClN3O3S. The average molecular weight is 332 g/mol. The van der Waals surface area contributed by atoms with Gasteiger partial charge < -0.3 is 4.90 Å². The first kappa shape index (κ1) is 16.2. The number of nitrogens with zero attached hydrogens (tertiary/aromatic N) is 3. The zero-order valence-electron chi connectivity index (χ0n) is 11.8. The number of halogens is 1. The van der Waals surface area contributed by atoms with Crippen molar-refractivity contribution < 1.29 is 13.2 Å². The van der Waals surface area contributed by atoms with Gasteiger partial charge in [-0.2, -0.15) is 4.31 Å². The van der Waals surface area contributed by atoms with Gasteiger partial charge in [-0.15, -0.1) is 0 Å². The summed E-state index contributed by atoms with van der Waals surface area (Å²) in [6.07, 6.45) is 2.33. The molecule has 1 saturated heterocycles. The van der Waals surface area contributed by atoms with Crippen LogP contribution >= 0.6 is 11.6 Å². The fourth-order valence-electron chi connectivity index (χ4n) is 2.27. The van der Waals surface area contributed by atoms with Gasteiger partial charge in [0.05, 0.1) is 0 Å². The van der Waals surface area contributed by atoms with E-state index in [1.54, 1.807) is 11.8 Å². The molecule has 0 radical (unpaired) electrons. The number of carbonyl (C=O) groups is 1. The third kappa shape index (κ3) is 3.72. The van der Waals surface area contributed by atoms with Crippen LogP contribution < -0.4 is 0 Å². The second kappa shape index (κ2) is 6.72. The smallest absolute Gasteiger partial charge is 0.244 e. The molecule has 2 heterocycles. The zero-order chi connectivity index (χ0) is 15.5. The summed E-state index contributed by atoms with van der Waals surface area (Å²) in [4.78, 5) is 17.4. The Kier molecular flexibility index (Phi) is 5.18. The largest absolute Gasteiger partial charge is 0.341 e. The lowest BCUT2D eigenvalue weighted by Gasteiger charge is -2.21. The summed E-state index contributed by atoms with van der Waals surface area (Å²) in [7, 11) is -3.58. The molecule has 116 valence electrons. The zero-order valence-corrected chi connectivity index (χ0v) is 13.4. The molecule has 8 heteroatoms. The Morgan fingerprint density at radius 3 is 2.67 bits per heavy atom. The lowest BCUT2D eigenvalue weighted by molar-refractivity contribution is -0.130. The van der Waals surface area contributed by atoms with Gasteiger partial charge in [0.25, 0.3) is 0 Å². The van der Waals surface area contributed by atoms with Crippen molar-refractivity contribution in [3.8, 4) is 0 Å². The van der Waals surface area contributed by atoms with Gasteiger partial charge in [0.1, 0.15) is 10.0 Å². The van der Waals surface area contributed by atoms with Crippen molar-refractivity contribution >= 4 is 27.5 Å². The summed E-state index contributed by atoms with van der Waals surface area (Å²) in [6, 6.07) is 2.91. The van der Waals surface area contributed by atoms with Gasteiger partial charge in [-0.1, -0.05) is 18.5 Å². The molecule has 1 fully saturated rings. The Bertz CT molecular complexity index is 604. The molecule has 0 aromatic carbocycles. The van der Waals surface area contributed by atoms with Crippen molar-refractivity contribution in [2.75, 3.05) is 26.2 Å². The number of hydrogen-bond acceptors (Lipinski definition) is 4. The molecule has 1 amide bonds. The van der Waals surface area contributed by atoms with Crippen molar-refractivity contribution in [3.63, 3.8) is 0 Å². The Balaban J connectivity index is 2.14. The van der Waals surface area contributed by atoms with Crippen molar-refractivity contribution in [1.82, 2.24) is 14.2 Å². The molecule has 0 saturated carbocycles. The lowest BCUT2D eigenvalue weighted by atomic mass is 10.3. The Morgan fingerprint density at radius 1 is 1.29 bits per heavy atom. The predicted octanol–water partition coefficient (Wildman–Crippen LogP) is 1.37. The number of carbonyl (C=O) groups excluding carboxylic acids is 1. The quantitative estimate of drug-likeness (QED) is 0.784. The molecule has 0 aliphatic carbocycles. The highest BCUT2D eigenvalue weighted by Gasteiger charge is 2.28. The summed E-state index contributed by atoms with van der Waals surface area (Å²) < 4.78 is 26.5. The molecule has 1 aromatic heterocycles. The van der Waals surface area contributed by atoms with E-state index >= 15 is 0 Å². The summed E-state index contributed by atoms with van der Waals surface area (Å²) >= 11 is 5.68. The van der Waals surface area contributed by atoms with Crippen LogP contribution in [0, 0.1) is 0 Å². The number of rotatable bonds is 3. The predicted molar refractivity (Wildman–Crippen MR) is 79.5 cm³/mol. The Morgan fingerprint density at radius 2 is 2.05 bits per heavy atom. The first-order valence-corrected chi connectivity index (χ1v) is 8.66. The highest BCUT2D eigenvalue weighted by molar-refractivity contribution is 7.89. The van der Waals surface area contributed by atoms with Gasteiger partial charge in [-0.3, -0.25) is 4.79 Å². The van der Waals surface area contributed by atoms with Crippen LogP contribution in [0.15, 0.2) is 23.2 Å². The monoisotopic (exact) mass is 331 g/mol. The third-order valence-corrected chi connectivity index (χ3v) is 5.55. The molecule has 0 spiro atoms. The summed E-state index contributed by atoms with van der Waals surface area (Å²) in [5.41, 5.74) is 0.